The topological polar surface area (TPSA) is 86.1 Å². The molecule has 0 unspecified atom stereocenters. The first-order valence-corrected chi connectivity index (χ1v) is 10.3. The summed E-state index contributed by atoms with van der Waals surface area (Å²) in [5, 5.41) is 0. The molecule has 0 atom stereocenters. The Morgan fingerprint density at radius 1 is 1.03 bits per heavy atom. The molecular weight excluding hydrogens is 368 g/mol. The SMILES string of the molecule is CC(C)c1nc2c(n1C(=O)C1CC1)-c1ccc(CC(=O)C3CC3)cc1C(=O)C2=O. The predicted octanol–water partition coefficient (Wildman–Crippen LogP) is 3.62. The number of ketones is 3. The average molecular weight is 390 g/mol. The summed E-state index contributed by atoms with van der Waals surface area (Å²) in [4.78, 5) is 55.3. The van der Waals surface area contributed by atoms with Crippen LogP contribution in [0.5, 0.6) is 0 Å². The fraction of sp³-hybridized carbons (Fsp3) is 0.435. The summed E-state index contributed by atoms with van der Waals surface area (Å²) in [6, 6.07) is 5.23. The Morgan fingerprint density at radius 2 is 1.72 bits per heavy atom. The number of Topliss-reactive ketones (excluding diaryl/α,β-unsaturated/α-hetero) is 3. The molecule has 2 aromatic rings. The summed E-state index contributed by atoms with van der Waals surface area (Å²) in [5.41, 5.74) is 2.06. The molecular formula is C23H22N2O4. The molecule has 148 valence electrons. The second kappa shape index (κ2) is 6.31. The van der Waals surface area contributed by atoms with Crippen molar-refractivity contribution in [3.8, 4) is 11.3 Å². The first kappa shape index (κ1) is 18.2. The summed E-state index contributed by atoms with van der Waals surface area (Å²) < 4.78 is 1.57. The summed E-state index contributed by atoms with van der Waals surface area (Å²) in [6.45, 7) is 3.84. The first-order chi connectivity index (χ1) is 13.9. The molecule has 0 spiro atoms. The molecule has 2 fully saturated rings. The van der Waals surface area contributed by atoms with Crippen molar-refractivity contribution in [3.05, 3.63) is 40.8 Å². The lowest BCUT2D eigenvalue weighted by Gasteiger charge is -2.18. The second-order valence-corrected chi connectivity index (χ2v) is 8.73. The van der Waals surface area contributed by atoms with Gasteiger partial charge in [-0.25, -0.2) is 4.98 Å². The third-order valence-electron chi connectivity index (χ3n) is 5.98. The van der Waals surface area contributed by atoms with E-state index in [0.29, 0.717) is 17.1 Å². The van der Waals surface area contributed by atoms with Gasteiger partial charge in [0.15, 0.2) is 0 Å². The van der Waals surface area contributed by atoms with Gasteiger partial charge < -0.3 is 0 Å². The van der Waals surface area contributed by atoms with E-state index in [1.165, 1.54) is 0 Å². The van der Waals surface area contributed by atoms with E-state index in [1.54, 1.807) is 16.7 Å². The van der Waals surface area contributed by atoms with Crippen molar-refractivity contribution in [1.29, 1.82) is 0 Å². The van der Waals surface area contributed by atoms with E-state index in [1.807, 2.05) is 19.9 Å². The van der Waals surface area contributed by atoms with Gasteiger partial charge in [-0.15, -0.1) is 0 Å². The zero-order valence-corrected chi connectivity index (χ0v) is 16.5. The van der Waals surface area contributed by atoms with E-state index in [2.05, 4.69) is 4.98 Å². The van der Waals surface area contributed by atoms with Crippen LogP contribution in [0.15, 0.2) is 18.2 Å². The Morgan fingerprint density at radius 3 is 2.34 bits per heavy atom. The molecule has 5 rings (SSSR count). The standard InChI is InChI=1S/C23H22N2O4/c1-11(2)22-24-18-19(25(22)23(29)14-6-7-14)15-8-3-12(10-17(26)13-4-5-13)9-16(15)20(27)21(18)28/h3,8-9,11,13-14H,4-7,10H2,1-2H3. The molecule has 3 aliphatic rings. The van der Waals surface area contributed by atoms with Crippen molar-refractivity contribution < 1.29 is 19.2 Å². The molecule has 3 aliphatic carbocycles. The number of aromatic nitrogens is 2. The molecule has 6 heteroatoms. The van der Waals surface area contributed by atoms with Crippen LogP contribution in [0.1, 0.15) is 82.5 Å². The van der Waals surface area contributed by atoms with Crippen LogP contribution < -0.4 is 0 Å². The number of imidazole rings is 1. The summed E-state index contributed by atoms with van der Waals surface area (Å²) in [5.74, 6) is -0.619. The normalized spacial score (nSPS) is 18.0. The first-order valence-electron chi connectivity index (χ1n) is 10.3. The van der Waals surface area contributed by atoms with E-state index in [0.717, 1.165) is 31.2 Å². The number of rotatable bonds is 5. The molecule has 2 saturated carbocycles. The number of nitrogens with zero attached hydrogens (tertiary/aromatic N) is 2. The van der Waals surface area contributed by atoms with Crippen molar-refractivity contribution in [2.24, 2.45) is 11.8 Å². The zero-order valence-electron chi connectivity index (χ0n) is 16.5. The number of fused-ring (bicyclic) bond motifs is 3. The van der Waals surface area contributed by atoms with Crippen molar-refractivity contribution in [2.45, 2.75) is 51.9 Å². The van der Waals surface area contributed by atoms with Crippen LogP contribution in [0, 0.1) is 11.8 Å². The zero-order chi connectivity index (χ0) is 20.4. The van der Waals surface area contributed by atoms with Crippen LogP contribution in [-0.2, 0) is 11.2 Å². The maximum Gasteiger partial charge on any atom is 0.254 e. The van der Waals surface area contributed by atoms with Gasteiger partial charge in [-0.3, -0.25) is 23.7 Å². The minimum Gasteiger partial charge on any atom is -0.299 e. The van der Waals surface area contributed by atoms with Crippen LogP contribution in [0.3, 0.4) is 0 Å². The molecule has 1 heterocycles. The monoisotopic (exact) mass is 390 g/mol. The Labute approximate surface area is 168 Å². The quantitative estimate of drug-likeness (QED) is 0.728. The highest BCUT2D eigenvalue weighted by Gasteiger charge is 2.41. The minimum atomic E-state index is -0.678. The maximum atomic E-state index is 13.0. The minimum absolute atomic E-state index is 0.0441. The van der Waals surface area contributed by atoms with Gasteiger partial charge in [-0.05, 0) is 37.3 Å². The second-order valence-electron chi connectivity index (χ2n) is 8.73. The average Bonchev–Trinajstić information content (AvgIpc) is 3.60. The van der Waals surface area contributed by atoms with Crippen LogP contribution in [0.4, 0.5) is 0 Å². The summed E-state index contributed by atoms with van der Waals surface area (Å²) in [6.07, 6.45) is 3.82. The van der Waals surface area contributed by atoms with Gasteiger partial charge in [0.05, 0.1) is 5.69 Å². The lowest BCUT2D eigenvalue weighted by Crippen LogP contribution is -2.24. The van der Waals surface area contributed by atoms with Gasteiger partial charge >= 0.3 is 0 Å². The van der Waals surface area contributed by atoms with Gasteiger partial charge in [-0.1, -0.05) is 26.0 Å². The molecule has 0 aliphatic heterocycles. The number of hydrogen-bond acceptors (Lipinski definition) is 5. The number of carbonyl (C=O) groups is 4. The molecule has 29 heavy (non-hydrogen) atoms. The number of carbonyl (C=O) groups excluding carboxylic acids is 4. The summed E-state index contributed by atoms with van der Waals surface area (Å²) >= 11 is 0. The Hall–Kier alpha value is -2.89. The fourth-order valence-electron chi connectivity index (χ4n) is 4.04. The fourth-order valence-corrected chi connectivity index (χ4v) is 4.04. The number of hydrogen-bond donors (Lipinski definition) is 0. The molecule has 6 nitrogen and oxygen atoms in total. The van der Waals surface area contributed by atoms with Crippen molar-refractivity contribution in [3.63, 3.8) is 0 Å². The molecule has 1 aromatic carbocycles. The highest BCUT2D eigenvalue weighted by atomic mass is 16.2. The number of benzene rings is 1. The molecule has 0 N–H and O–H groups in total. The molecule has 0 radical (unpaired) electrons. The van der Waals surface area contributed by atoms with Gasteiger partial charge in [0, 0.05) is 35.3 Å². The molecule has 0 bridgehead atoms. The lowest BCUT2D eigenvalue weighted by atomic mass is 9.88. The van der Waals surface area contributed by atoms with E-state index < -0.39 is 11.6 Å². The van der Waals surface area contributed by atoms with Crippen LogP contribution in [0.25, 0.3) is 11.3 Å². The third-order valence-corrected chi connectivity index (χ3v) is 5.98. The molecule has 0 saturated heterocycles. The van der Waals surface area contributed by atoms with Crippen LogP contribution in [0.2, 0.25) is 0 Å². The van der Waals surface area contributed by atoms with E-state index in [-0.39, 0.29) is 47.1 Å². The van der Waals surface area contributed by atoms with Gasteiger partial charge in [-0.2, -0.15) is 0 Å². The Bertz CT molecular complexity index is 1100. The smallest absolute Gasteiger partial charge is 0.254 e. The Kier molecular flexibility index (Phi) is 3.95. The lowest BCUT2D eigenvalue weighted by molar-refractivity contribution is -0.119. The third kappa shape index (κ3) is 2.89. The largest absolute Gasteiger partial charge is 0.299 e. The molecule has 1 aromatic heterocycles. The molecule has 0 amide bonds. The predicted molar refractivity (Wildman–Crippen MR) is 105 cm³/mol. The van der Waals surface area contributed by atoms with Crippen molar-refractivity contribution in [2.75, 3.05) is 0 Å². The van der Waals surface area contributed by atoms with E-state index in [9.17, 15) is 19.2 Å². The highest BCUT2D eigenvalue weighted by molar-refractivity contribution is 6.52. The summed E-state index contributed by atoms with van der Waals surface area (Å²) in [7, 11) is 0. The maximum absolute atomic E-state index is 13.0. The van der Waals surface area contributed by atoms with Crippen LogP contribution >= 0.6 is 0 Å². The van der Waals surface area contributed by atoms with E-state index in [4.69, 9.17) is 0 Å². The van der Waals surface area contributed by atoms with Gasteiger partial charge in [0.1, 0.15) is 17.3 Å². The van der Waals surface area contributed by atoms with Crippen molar-refractivity contribution in [1.82, 2.24) is 9.55 Å². The van der Waals surface area contributed by atoms with Gasteiger partial charge in [0.25, 0.3) is 5.78 Å². The van der Waals surface area contributed by atoms with Crippen molar-refractivity contribution >= 4 is 23.3 Å². The van der Waals surface area contributed by atoms with Crippen LogP contribution in [-0.4, -0.2) is 32.8 Å². The van der Waals surface area contributed by atoms with Gasteiger partial charge in [0.2, 0.25) is 11.7 Å². The van der Waals surface area contributed by atoms with E-state index >= 15 is 0 Å². The Balaban J connectivity index is 1.66. The highest BCUT2D eigenvalue weighted by Crippen LogP contribution is 2.40.